The molecule has 86 valence electrons. The van der Waals surface area contributed by atoms with Gasteiger partial charge in [-0.3, -0.25) is 0 Å². The zero-order chi connectivity index (χ0) is 11.9. The summed E-state index contributed by atoms with van der Waals surface area (Å²) in [5, 5.41) is 0. The van der Waals surface area contributed by atoms with E-state index in [1.807, 2.05) is 0 Å². The molecule has 1 aromatic rings. The summed E-state index contributed by atoms with van der Waals surface area (Å²) in [5.41, 5.74) is -0.0645. The minimum absolute atomic E-state index is 0.0645. The molecule has 1 aliphatic heterocycles. The maximum atomic E-state index is 13.0. The van der Waals surface area contributed by atoms with Crippen LogP contribution >= 0.6 is 20.6 Å². The number of fused-ring (bicyclic) bond motifs is 1. The SMILES string of the molecule is CC(=O)OI1OC(=O)c2cc(F)c(F)cc21. The van der Waals surface area contributed by atoms with E-state index in [1.54, 1.807) is 0 Å². The normalized spacial score (nSPS) is 15.7. The first-order chi connectivity index (χ1) is 7.49. The Kier molecular flexibility index (Phi) is 2.78. The van der Waals surface area contributed by atoms with Gasteiger partial charge in [-0.05, 0) is 0 Å². The van der Waals surface area contributed by atoms with Gasteiger partial charge in [-0.25, -0.2) is 0 Å². The monoisotopic (exact) mass is 342 g/mol. The summed E-state index contributed by atoms with van der Waals surface area (Å²) >= 11 is -2.93. The fourth-order valence-electron chi connectivity index (χ4n) is 1.11. The molecule has 0 aliphatic carbocycles. The molecule has 0 N–H and O–H groups in total. The molecule has 16 heavy (non-hydrogen) atoms. The van der Waals surface area contributed by atoms with Crippen molar-refractivity contribution in [2.75, 3.05) is 0 Å². The molecule has 0 bridgehead atoms. The van der Waals surface area contributed by atoms with Gasteiger partial charge >= 0.3 is 96.9 Å². The van der Waals surface area contributed by atoms with Gasteiger partial charge < -0.3 is 0 Å². The molecule has 7 heteroatoms. The van der Waals surface area contributed by atoms with Gasteiger partial charge in [-0.2, -0.15) is 0 Å². The van der Waals surface area contributed by atoms with E-state index in [-0.39, 0.29) is 9.13 Å². The van der Waals surface area contributed by atoms with Crippen LogP contribution in [-0.2, 0) is 10.9 Å². The van der Waals surface area contributed by atoms with Gasteiger partial charge in [0.25, 0.3) is 0 Å². The molecule has 1 aliphatic rings. The second kappa shape index (κ2) is 3.96. The average molecular weight is 342 g/mol. The van der Waals surface area contributed by atoms with E-state index in [0.29, 0.717) is 0 Å². The predicted molar refractivity (Wildman–Crippen MR) is 56.3 cm³/mol. The molecule has 0 aromatic heterocycles. The fraction of sp³-hybridized carbons (Fsp3) is 0.111. The number of halogens is 3. The first kappa shape index (κ1) is 11.2. The van der Waals surface area contributed by atoms with Crippen molar-refractivity contribution >= 4 is 32.6 Å². The van der Waals surface area contributed by atoms with Crippen LogP contribution in [0.1, 0.15) is 17.3 Å². The third-order valence-corrected chi connectivity index (χ3v) is 5.38. The summed E-state index contributed by atoms with van der Waals surface area (Å²) in [6.45, 7) is 1.16. The number of carbonyl (C=O) groups is 2. The molecule has 0 amide bonds. The Morgan fingerprint density at radius 1 is 1.38 bits per heavy atom. The Hall–Kier alpha value is -1.25. The topological polar surface area (TPSA) is 52.6 Å². The molecule has 2 rings (SSSR count). The van der Waals surface area contributed by atoms with Crippen LogP contribution in [0.4, 0.5) is 8.78 Å². The minimum atomic E-state index is -2.93. The molecule has 4 nitrogen and oxygen atoms in total. The van der Waals surface area contributed by atoms with Gasteiger partial charge in [0, 0.05) is 0 Å². The third kappa shape index (κ3) is 1.86. The van der Waals surface area contributed by atoms with Crippen molar-refractivity contribution in [3.05, 3.63) is 32.9 Å². The average Bonchev–Trinajstić information content (AvgIpc) is 2.44. The molecule has 0 spiro atoms. The van der Waals surface area contributed by atoms with E-state index < -0.39 is 44.2 Å². The van der Waals surface area contributed by atoms with Crippen LogP contribution in [-0.4, -0.2) is 11.9 Å². The predicted octanol–water partition coefficient (Wildman–Crippen LogP) is 2.20. The molecule has 1 aromatic carbocycles. The van der Waals surface area contributed by atoms with E-state index in [1.165, 1.54) is 0 Å². The van der Waals surface area contributed by atoms with Gasteiger partial charge in [0.15, 0.2) is 0 Å². The summed E-state index contributed by atoms with van der Waals surface area (Å²) in [6.07, 6.45) is 0. The van der Waals surface area contributed by atoms with Crippen LogP contribution in [0.5, 0.6) is 0 Å². The fourth-order valence-corrected chi connectivity index (χ4v) is 4.22. The van der Waals surface area contributed by atoms with E-state index in [2.05, 4.69) is 0 Å². The van der Waals surface area contributed by atoms with E-state index in [4.69, 9.17) is 6.13 Å². The summed E-state index contributed by atoms with van der Waals surface area (Å²) < 4.78 is 35.6. The van der Waals surface area contributed by atoms with Gasteiger partial charge in [-0.1, -0.05) is 0 Å². The second-order valence-corrected chi connectivity index (χ2v) is 6.18. The van der Waals surface area contributed by atoms with Crippen molar-refractivity contribution < 1.29 is 24.5 Å². The van der Waals surface area contributed by atoms with Gasteiger partial charge in [-0.15, -0.1) is 0 Å². The summed E-state index contributed by atoms with van der Waals surface area (Å²) in [6, 6.07) is 1.61. The van der Waals surface area contributed by atoms with Crippen molar-refractivity contribution in [1.29, 1.82) is 0 Å². The molecule has 1 heterocycles. The first-order valence-electron chi connectivity index (χ1n) is 4.10. The molecule has 0 atom stereocenters. The number of hydrogen-bond donors (Lipinski definition) is 0. The quantitative estimate of drug-likeness (QED) is 0.580. The van der Waals surface area contributed by atoms with Crippen LogP contribution in [0, 0.1) is 15.2 Å². The van der Waals surface area contributed by atoms with Crippen LogP contribution in [0.3, 0.4) is 0 Å². The van der Waals surface area contributed by atoms with Crippen LogP contribution in [0.2, 0.25) is 0 Å². The first-order valence-corrected chi connectivity index (χ1v) is 6.94. The van der Waals surface area contributed by atoms with Crippen molar-refractivity contribution in [2.45, 2.75) is 6.92 Å². The van der Waals surface area contributed by atoms with Crippen LogP contribution < -0.4 is 0 Å². The van der Waals surface area contributed by atoms with Crippen LogP contribution in [0.15, 0.2) is 12.1 Å². The van der Waals surface area contributed by atoms with E-state index in [0.717, 1.165) is 19.1 Å². The maximum absolute atomic E-state index is 13.0. The van der Waals surface area contributed by atoms with Crippen molar-refractivity contribution in [3.63, 3.8) is 0 Å². The molecular formula is C9H5F2IO4. The van der Waals surface area contributed by atoms with Crippen molar-refractivity contribution in [2.24, 2.45) is 0 Å². The number of hydrogen-bond acceptors (Lipinski definition) is 4. The summed E-state index contributed by atoms with van der Waals surface area (Å²) in [4.78, 5) is 22.0. The Morgan fingerprint density at radius 3 is 2.62 bits per heavy atom. The standard InChI is InChI=1S/C9H5F2IO4/c1-4(13)15-12-8-3-7(11)6(10)2-5(8)9(14)16-12/h2-3H,1H3. The van der Waals surface area contributed by atoms with Gasteiger partial charge in [0.05, 0.1) is 0 Å². The second-order valence-electron chi connectivity index (χ2n) is 2.90. The molecular weight excluding hydrogens is 337 g/mol. The molecule has 0 saturated heterocycles. The Labute approximate surface area is 97.0 Å². The van der Waals surface area contributed by atoms with Gasteiger partial charge in [0.1, 0.15) is 0 Å². The molecule has 0 saturated carbocycles. The zero-order valence-corrected chi connectivity index (χ0v) is 10.1. The molecule has 0 radical (unpaired) electrons. The molecule has 0 unspecified atom stereocenters. The molecule has 0 fully saturated rings. The van der Waals surface area contributed by atoms with Gasteiger partial charge in [0.2, 0.25) is 0 Å². The summed E-state index contributed by atoms with van der Waals surface area (Å²) in [5.74, 6) is -3.61. The number of benzene rings is 1. The Balaban J connectivity index is 2.45. The number of rotatable bonds is 1. The summed E-state index contributed by atoms with van der Waals surface area (Å²) in [7, 11) is 0. The zero-order valence-electron chi connectivity index (χ0n) is 7.92. The van der Waals surface area contributed by atoms with Crippen molar-refractivity contribution in [3.8, 4) is 0 Å². The third-order valence-electron chi connectivity index (χ3n) is 1.71. The van der Waals surface area contributed by atoms with E-state index >= 15 is 0 Å². The number of carbonyl (C=O) groups excluding carboxylic acids is 2. The van der Waals surface area contributed by atoms with Crippen LogP contribution in [0.25, 0.3) is 0 Å². The Bertz CT molecular complexity index is 489. The van der Waals surface area contributed by atoms with Crippen molar-refractivity contribution in [1.82, 2.24) is 0 Å². The Morgan fingerprint density at radius 2 is 2.00 bits per heavy atom. The van der Waals surface area contributed by atoms with E-state index in [9.17, 15) is 18.4 Å².